The van der Waals surface area contributed by atoms with Gasteiger partial charge in [-0.25, -0.2) is 5.11 Å². The second kappa shape index (κ2) is 25.0. The highest BCUT2D eigenvalue weighted by Gasteiger charge is 1.93. The van der Waals surface area contributed by atoms with Gasteiger partial charge in [-0.05, 0) is 18.9 Å². The molecule has 1 aromatic rings. The Bertz CT molecular complexity index is 347. The summed E-state index contributed by atoms with van der Waals surface area (Å²) < 4.78 is 5.22. The van der Waals surface area contributed by atoms with E-state index >= 15 is 0 Å². The molecule has 0 aromatic heterocycles. The highest BCUT2D eigenvalue weighted by molar-refractivity contribution is 5.13. The third-order valence-corrected chi connectivity index (χ3v) is 3.74. The Morgan fingerprint density at radius 3 is 1.78 bits per heavy atom. The molecule has 0 heterocycles. The van der Waals surface area contributed by atoms with Crippen molar-refractivity contribution in [3.8, 4) is 0 Å². The lowest BCUT2D eigenvalue weighted by atomic mass is 10.1. The van der Waals surface area contributed by atoms with Gasteiger partial charge < -0.3 is 20.1 Å². The summed E-state index contributed by atoms with van der Waals surface area (Å²) in [5, 5.41) is 34.1. The number of aliphatic hydroxyl groups is 3. The van der Waals surface area contributed by atoms with Crippen LogP contribution in [0.15, 0.2) is 30.3 Å². The van der Waals surface area contributed by atoms with E-state index in [1.54, 1.807) is 0 Å². The fraction of sp³-hybridized carbons (Fsp3) is 0.727. The molecule has 0 atom stereocenters. The Balaban J connectivity index is 0. The molecule has 0 bridgehead atoms. The maximum absolute atomic E-state index is 10.1. The van der Waals surface area contributed by atoms with Gasteiger partial charge in [-0.1, -0.05) is 82.2 Å². The minimum absolute atomic E-state index is 0.120. The Hall–Kier alpha value is -0.980. The van der Waals surface area contributed by atoms with Crippen LogP contribution in [0, 0.1) is 0 Å². The first-order chi connectivity index (χ1) is 13.2. The summed E-state index contributed by atoms with van der Waals surface area (Å²) in [6, 6.07) is 10.2. The van der Waals surface area contributed by atoms with Crippen molar-refractivity contribution in [2.24, 2.45) is 0 Å². The van der Waals surface area contributed by atoms with Crippen molar-refractivity contribution < 1.29 is 25.2 Å². The van der Waals surface area contributed by atoms with Crippen LogP contribution in [0.5, 0.6) is 0 Å². The van der Waals surface area contributed by atoms with Crippen molar-refractivity contribution >= 4 is 0 Å². The van der Waals surface area contributed by atoms with Gasteiger partial charge in [0.1, 0.15) is 6.10 Å². The molecule has 3 N–H and O–H groups in total. The Labute approximate surface area is 166 Å². The second-order valence-corrected chi connectivity index (χ2v) is 6.32. The van der Waals surface area contributed by atoms with Crippen molar-refractivity contribution in [3.05, 3.63) is 35.9 Å². The quantitative estimate of drug-likeness (QED) is 0.446. The monoisotopic (exact) mass is 385 g/mol. The summed E-state index contributed by atoms with van der Waals surface area (Å²) in [5.41, 5.74) is 1.24. The molecule has 0 aliphatic rings. The average Bonchev–Trinajstić information content (AvgIpc) is 2.72. The molecule has 1 rings (SSSR count). The predicted octanol–water partition coefficient (Wildman–Crippen LogP) is 4.11. The molecule has 5 nitrogen and oxygen atoms in total. The lowest BCUT2D eigenvalue weighted by Crippen LogP contribution is -2.15. The first-order valence-electron chi connectivity index (χ1n) is 10.3. The van der Waals surface area contributed by atoms with Gasteiger partial charge in [0.05, 0.1) is 26.4 Å². The molecule has 0 aliphatic heterocycles. The van der Waals surface area contributed by atoms with E-state index < -0.39 is 6.10 Å². The summed E-state index contributed by atoms with van der Waals surface area (Å²) >= 11 is 0. The molecule has 0 fully saturated rings. The zero-order chi connectivity index (χ0) is 20.6. The van der Waals surface area contributed by atoms with Crippen LogP contribution in [0.4, 0.5) is 0 Å². The zero-order valence-corrected chi connectivity index (χ0v) is 17.3. The average molecular weight is 386 g/mol. The van der Waals surface area contributed by atoms with E-state index in [1.807, 2.05) is 25.1 Å². The Kier molecular flexibility index (Phi) is 26.2. The maximum Gasteiger partial charge on any atom is 0.100 e. The smallest absolute Gasteiger partial charge is 0.100 e. The third kappa shape index (κ3) is 25.0. The van der Waals surface area contributed by atoms with Gasteiger partial charge in [-0.3, -0.25) is 0 Å². The number of aliphatic hydroxyl groups excluding tert-OH is 3. The van der Waals surface area contributed by atoms with E-state index in [0.29, 0.717) is 0 Å². The van der Waals surface area contributed by atoms with Crippen molar-refractivity contribution in [1.82, 2.24) is 0 Å². The number of hydrogen-bond acceptors (Lipinski definition) is 4. The largest absolute Gasteiger partial charge is 0.394 e. The molecular formula is C22H41O5. The Morgan fingerprint density at radius 2 is 1.37 bits per heavy atom. The van der Waals surface area contributed by atoms with Gasteiger partial charge in [0.15, 0.2) is 0 Å². The molecule has 0 saturated heterocycles. The highest BCUT2D eigenvalue weighted by Crippen LogP contribution is 2.07. The first-order valence-corrected chi connectivity index (χ1v) is 10.3. The van der Waals surface area contributed by atoms with Crippen LogP contribution in [0.2, 0.25) is 0 Å². The molecular weight excluding hydrogens is 344 g/mol. The number of benzene rings is 1. The van der Waals surface area contributed by atoms with Gasteiger partial charge in [0.25, 0.3) is 0 Å². The second-order valence-electron chi connectivity index (χ2n) is 6.32. The topological polar surface area (TPSA) is 89.8 Å². The molecule has 0 aliphatic carbocycles. The predicted molar refractivity (Wildman–Crippen MR) is 110 cm³/mol. The summed E-state index contributed by atoms with van der Waals surface area (Å²) in [6.07, 6.45) is 9.13. The molecule has 0 saturated carbocycles. The SMILES string of the molecule is CCCCCCCCCC[O].CCOCc1ccccc1.OCC(O)CO. The van der Waals surface area contributed by atoms with Crippen molar-refractivity contribution in [2.45, 2.75) is 77.9 Å². The van der Waals surface area contributed by atoms with Crippen molar-refractivity contribution in [3.63, 3.8) is 0 Å². The Morgan fingerprint density at radius 1 is 0.852 bits per heavy atom. The number of ether oxygens (including phenoxy) is 1. The van der Waals surface area contributed by atoms with Crippen LogP contribution in [0.25, 0.3) is 0 Å². The molecule has 27 heavy (non-hydrogen) atoms. The fourth-order valence-electron chi connectivity index (χ4n) is 2.09. The molecule has 1 aromatic carbocycles. The third-order valence-electron chi connectivity index (χ3n) is 3.74. The van der Waals surface area contributed by atoms with E-state index in [9.17, 15) is 5.11 Å². The van der Waals surface area contributed by atoms with E-state index in [1.165, 1.54) is 44.1 Å². The lowest BCUT2D eigenvalue weighted by Gasteiger charge is -1.98. The van der Waals surface area contributed by atoms with Crippen LogP contribution in [0.1, 0.15) is 70.8 Å². The summed E-state index contributed by atoms with van der Waals surface area (Å²) in [4.78, 5) is 0. The van der Waals surface area contributed by atoms with E-state index in [-0.39, 0.29) is 19.8 Å². The molecule has 1 radical (unpaired) electrons. The zero-order valence-electron chi connectivity index (χ0n) is 17.3. The van der Waals surface area contributed by atoms with Crippen LogP contribution >= 0.6 is 0 Å². The van der Waals surface area contributed by atoms with Crippen LogP contribution in [-0.2, 0) is 16.5 Å². The van der Waals surface area contributed by atoms with Gasteiger partial charge in [-0.2, -0.15) is 0 Å². The number of rotatable bonds is 13. The van der Waals surface area contributed by atoms with E-state index in [0.717, 1.165) is 26.1 Å². The van der Waals surface area contributed by atoms with Crippen LogP contribution < -0.4 is 0 Å². The van der Waals surface area contributed by atoms with Gasteiger partial charge in [0.2, 0.25) is 0 Å². The lowest BCUT2D eigenvalue weighted by molar-refractivity contribution is 0.0450. The number of hydrogen-bond donors (Lipinski definition) is 3. The molecule has 0 spiro atoms. The van der Waals surface area contributed by atoms with E-state index in [4.69, 9.17) is 20.1 Å². The molecule has 5 heteroatoms. The highest BCUT2D eigenvalue weighted by atomic mass is 16.5. The van der Waals surface area contributed by atoms with Crippen LogP contribution in [0.3, 0.4) is 0 Å². The molecule has 0 unspecified atom stereocenters. The van der Waals surface area contributed by atoms with Gasteiger partial charge >= 0.3 is 0 Å². The molecule has 159 valence electrons. The maximum atomic E-state index is 10.1. The van der Waals surface area contributed by atoms with Crippen molar-refractivity contribution in [1.29, 1.82) is 0 Å². The first kappa shape index (κ1) is 28.2. The molecule has 0 amide bonds. The summed E-state index contributed by atoms with van der Waals surface area (Å²) in [6.45, 7) is 5.15. The summed E-state index contributed by atoms with van der Waals surface area (Å²) in [5.74, 6) is 0. The minimum atomic E-state index is -0.954. The standard InChI is InChI=1S/C10H21O.C9H12O.C3H8O3/c1-2-3-4-5-6-7-8-9-10-11;1-2-10-8-9-6-4-3-5-7-9;4-1-3(6)2-5/h2-10H2,1H3;3-7H,2,8H2,1H3;3-6H,1-2H2. The van der Waals surface area contributed by atoms with Crippen LogP contribution in [-0.4, -0.2) is 47.9 Å². The van der Waals surface area contributed by atoms with Gasteiger partial charge in [0, 0.05) is 6.61 Å². The van der Waals surface area contributed by atoms with Gasteiger partial charge in [-0.15, -0.1) is 0 Å². The number of unbranched alkanes of at least 4 members (excludes halogenated alkanes) is 7. The normalized spacial score (nSPS) is 10.0. The van der Waals surface area contributed by atoms with E-state index in [2.05, 4.69) is 19.1 Å². The van der Waals surface area contributed by atoms with Crippen molar-refractivity contribution in [2.75, 3.05) is 26.4 Å². The fourth-order valence-corrected chi connectivity index (χ4v) is 2.09. The minimum Gasteiger partial charge on any atom is -0.394 e. The summed E-state index contributed by atoms with van der Waals surface area (Å²) in [7, 11) is 0.